The van der Waals surface area contributed by atoms with E-state index in [0.717, 1.165) is 0 Å². The summed E-state index contributed by atoms with van der Waals surface area (Å²) < 4.78 is 0. The molecule has 0 radical (unpaired) electrons. The molecule has 2 atom stereocenters. The highest BCUT2D eigenvalue weighted by atomic mass is 16.6. The Balaban J connectivity index is 2.06. The predicted octanol–water partition coefficient (Wildman–Crippen LogP) is 0.841. The number of carbonyl (C=O) groups is 2. The lowest BCUT2D eigenvalue weighted by molar-refractivity contribution is -0.384. The quantitative estimate of drug-likeness (QED) is 0.505. The van der Waals surface area contributed by atoms with Crippen LogP contribution in [0, 0.1) is 10.1 Å². The Labute approximate surface area is 143 Å². The maximum atomic E-state index is 12.1. The van der Waals surface area contributed by atoms with Crippen LogP contribution in [-0.2, 0) is 16.0 Å². The van der Waals surface area contributed by atoms with E-state index < -0.39 is 28.9 Å². The Morgan fingerprint density at radius 3 is 2.24 bits per heavy atom. The summed E-state index contributed by atoms with van der Waals surface area (Å²) in [5, 5.41) is 23.1. The molecule has 2 rings (SSSR count). The van der Waals surface area contributed by atoms with E-state index in [-0.39, 0.29) is 12.1 Å². The summed E-state index contributed by atoms with van der Waals surface area (Å²) >= 11 is 0. The van der Waals surface area contributed by atoms with E-state index in [2.05, 4.69) is 5.32 Å². The molecule has 2 aromatic carbocycles. The molecule has 0 bridgehead atoms. The highest BCUT2D eigenvalue weighted by Crippen LogP contribution is 2.15. The number of nitrogens with one attached hydrogen (secondary N) is 1. The van der Waals surface area contributed by atoms with Gasteiger partial charge in [0, 0.05) is 18.6 Å². The average molecular weight is 343 g/mol. The largest absolute Gasteiger partial charge is 0.378 e. The minimum Gasteiger partial charge on any atom is -0.378 e. The molecule has 0 aliphatic heterocycles. The number of hydrogen-bond donors (Lipinski definition) is 3. The third-order valence-corrected chi connectivity index (χ3v) is 3.61. The predicted molar refractivity (Wildman–Crippen MR) is 89.3 cm³/mol. The second-order valence-electron chi connectivity index (χ2n) is 5.40. The molecule has 8 nitrogen and oxygen atoms in total. The van der Waals surface area contributed by atoms with Crippen molar-refractivity contribution in [2.45, 2.75) is 18.6 Å². The first-order chi connectivity index (χ1) is 11.9. The van der Waals surface area contributed by atoms with E-state index >= 15 is 0 Å². The molecular weight excluding hydrogens is 326 g/mol. The molecule has 2 aromatic rings. The van der Waals surface area contributed by atoms with E-state index in [1.165, 1.54) is 24.3 Å². The van der Waals surface area contributed by atoms with Crippen molar-refractivity contribution in [3.8, 4) is 0 Å². The fourth-order valence-electron chi connectivity index (χ4n) is 2.25. The van der Waals surface area contributed by atoms with Crippen LogP contribution in [0.5, 0.6) is 0 Å². The molecule has 0 saturated heterocycles. The lowest BCUT2D eigenvalue weighted by atomic mass is 10.0. The van der Waals surface area contributed by atoms with Crippen LogP contribution in [-0.4, -0.2) is 27.9 Å². The molecule has 8 heteroatoms. The summed E-state index contributed by atoms with van der Waals surface area (Å²) in [6.45, 7) is 0. The van der Waals surface area contributed by atoms with Gasteiger partial charge < -0.3 is 16.2 Å². The van der Waals surface area contributed by atoms with Gasteiger partial charge in [0.15, 0.2) is 6.10 Å². The molecule has 2 amide bonds. The number of benzene rings is 2. The highest BCUT2D eigenvalue weighted by molar-refractivity contribution is 5.89. The summed E-state index contributed by atoms with van der Waals surface area (Å²) in [5.74, 6) is -1.52. The Bertz CT molecular complexity index is 762. The van der Waals surface area contributed by atoms with Crippen molar-refractivity contribution in [2.24, 2.45) is 5.73 Å². The smallest absolute Gasteiger partial charge is 0.269 e. The summed E-state index contributed by atoms with van der Waals surface area (Å²) in [6.07, 6.45) is -1.37. The van der Waals surface area contributed by atoms with Crippen LogP contribution in [0.1, 0.15) is 17.2 Å². The molecule has 0 heterocycles. The summed E-state index contributed by atoms with van der Waals surface area (Å²) in [7, 11) is 0. The van der Waals surface area contributed by atoms with Gasteiger partial charge in [0.05, 0.1) is 4.92 Å². The van der Waals surface area contributed by atoms with Crippen molar-refractivity contribution in [3.63, 3.8) is 0 Å². The Hall–Kier alpha value is -3.26. The standard InChI is InChI=1S/C17H17N3O5/c18-16(22)14(10-11-6-8-13(9-7-11)20(24)25)19-17(23)15(21)12-4-2-1-3-5-12/h1-9,14-15,21H,10H2,(H2,18,22)(H,19,23)/t14-,15+/m1/s1. The monoisotopic (exact) mass is 343 g/mol. The van der Waals surface area contributed by atoms with Gasteiger partial charge in [0.2, 0.25) is 5.91 Å². The van der Waals surface area contributed by atoms with E-state index in [1.54, 1.807) is 30.3 Å². The number of nitro benzene ring substituents is 1. The minimum absolute atomic E-state index is 0.0561. The average Bonchev–Trinajstić information content (AvgIpc) is 2.61. The number of amides is 2. The van der Waals surface area contributed by atoms with Crippen molar-refractivity contribution >= 4 is 17.5 Å². The maximum Gasteiger partial charge on any atom is 0.269 e. The third-order valence-electron chi connectivity index (χ3n) is 3.61. The first kappa shape index (κ1) is 18.1. The fourth-order valence-corrected chi connectivity index (χ4v) is 2.25. The highest BCUT2D eigenvalue weighted by Gasteiger charge is 2.24. The van der Waals surface area contributed by atoms with E-state index in [1.807, 2.05) is 0 Å². The van der Waals surface area contributed by atoms with Crippen molar-refractivity contribution in [3.05, 3.63) is 75.8 Å². The molecule has 130 valence electrons. The first-order valence-electron chi connectivity index (χ1n) is 7.44. The van der Waals surface area contributed by atoms with Crippen LogP contribution in [0.4, 0.5) is 5.69 Å². The van der Waals surface area contributed by atoms with Gasteiger partial charge in [-0.1, -0.05) is 42.5 Å². The van der Waals surface area contributed by atoms with Crippen molar-refractivity contribution in [2.75, 3.05) is 0 Å². The Kier molecular flexibility index (Phi) is 5.80. The number of aliphatic hydroxyl groups excluding tert-OH is 1. The summed E-state index contributed by atoms with van der Waals surface area (Å²) in [6, 6.07) is 12.8. The van der Waals surface area contributed by atoms with Crippen LogP contribution in [0.15, 0.2) is 54.6 Å². The third kappa shape index (κ3) is 4.85. The zero-order valence-electron chi connectivity index (χ0n) is 13.2. The van der Waals surface area contributed by atoms with Gasteiger partial charge >= 0.3 is 0 Å². The number of aliphatic hydroxyl groups is 1. The molecule has 0 unspecified atom stereocenters. The second kappa shape index (κ2) is 8.02. The number of primary amides is 1. The zero-order valence-corrected chi connectivity index (χ0v) is 13.2. The van der Waals surface area contributed by atoms with Crippen LogP contribution < -0.4 is 11.1 Å². The van der Waals surface area contributed by atoms with Crippen molar-refractivity contribution in [1.82, 2.24) is 5.32 Å². The molecular formula is C17H17N3O5. The number of nitrogens with two attached hydrogens (primary N) is 1. The normalized spacial score (nSPS) is 12.8. The van der Waals surface area contributed by atoms with Gasteiger partial charge in [-0.25, -0.2) is 0 Å². The number of hydrogen-bond acceptors (Lipinski definition) is 5. The van der Waals surface area contributed by atoms with Crippen LogP contribution >= 0.6 is 0 Å². The number of carbonyl (C=O) groups excluding carboxylic acids is 2. The number of non-ortho nitro benzene ring substituents is 1. The Morgan fingerprint density at radius 2 is 1.72 bits per heavy atom. The van der Waals surface area contributed by atoms with Crippen LogP contribution in [0.2, 0.25) is 0 Å². The van der Waals surface area contributed by atoms with E-state index in [0.29, 0.717) is 11.1 Å². The molecule has 0 spiro atoms. The SMILES string of the molecule is NC(=O)[C@@H](Cc1ccc([N+](=O)[O-])cc1)NC(=O)[C@@H](O)c1ccccc1. The summed E-state index contributed by atoms with van der Waals surface area (Å²) in [5.41, 5.74) is 6.20. The van der Waals surface area contributed by atoms with Crippen molar-refractivity contribution in [1.29, 1.82) is 0 Å². The molecule has 25 heavy (non-hydrogen) atoms. The fraction of sp³-hybridized carbons (Fsp3) is 0.176. The molecule has 0 aromatic heterocycles. The second-order valence-corrected chi connectivity index (χ2v) is 5.40. The lowest BCUT2D eigenvalue weighted by Crippen LogP contribution is -2.47. The van der Waals surface area contributed by atoms with Crippen LogP contribution in [0.25, 0.3) is 0 Å². The number of rotatable bonds is 7. The van der Waals surface area contributed by atoms with Gasteiger partial charge in [0.1, 0.15) is 6.04 Å². The molecule has 0 aliphatic carbocycles. The van der Waals surface area contributed by atoms with Crippen molar-refractivity contribution < 1.29 is 19.6 Å². The molecule has 0 saturated carbocycles. The molecule has 4 N–H and O–H groups in total. The minimum atomic E-state index is -1.43. The first-order valence-corrected chi connectivity index (χ1v) is 7.44. The number of nitrogens with zero attached hydrogens (tertiary/aromatic N) is 1. The summed E-state index contributed by atoms with van der Waals surface area (Å²) in [4.78, 5) is 33.8. The van der Waals surface area contributed by atoms with E-state index in [9.17, 15) is 24.8 Å². The number of nitro groups is 1. The topological polar surface area (TPSA) is 136 Å². The molecule has 0 fully saturated rings. The van der Waals surface area contributed by atoms with E-state index in [4.69, 9.17) is 5.73 Å². The zero-order chi connectivity index (χ0) is 18.4. The lowest BCUT2D eigenvalue weighted by Gasteiger charge is -2.18. The van der Waals surface area contributed by atoms with Gasteiger partial charge in [0.25, 0.3) is 11.6 Å². The van der Waals surface area contributed by atoms with Gasteiger partial charge in [-0.2, -0.15) is 0 Å². The molecule has 0 aliphatic rings. The maximum absolute atomic E-state index is 12.1. The van der Waals surface area contributed by atoms with Gasteiger partial charge in [-0.05, 0) is 11.1 Å². The van der Waals surface area contributed by atoms with Crippen LogP contribution in [0.3, 0.4) is 0 Å². The van der Waals surface area contributed by atoms with Gasteiger partial charge in [-0.3, -0.25) is 19.7 Å². The van der Waals surface area contributed by atoms with Gasteiger partial charge in [-0.15, -0.1) is 0 Å². The Morgan fingerprint density at radius 1 is 1.12 bits per heavy atom.